The third-order valence-corrected chi connectivity index (χ3v) is 3.09. The Balaban J connectivity index is 3.03. The van der Waals surface area contributed by atoms with Gasteiger partial charge in [-0.3, -0.25) is 0 Å². The molecule has 0 aliphatic heterocycles. The van der Waals surface area contributed by atoms with E-state index in [0.29, 0.717) is 12.5 Å². The van der Waals surface area contributed by atoms with Gasteiger partial charge in [-0.2, -0.15) is 0 Å². The predicted molar refractivity (Wildman–Crippen MR) is 80.0 cm³/mol. The summed E-state index contributed by atoms with van der Waals surface area (Å²) in [5.74, 6) is 0.541. The highest BCUT2D eigenvalue weighted by atomic mass is 16.5. The van der Waals surface area contributed by atoms with E-state index >= 15 is 0 Å². The van der Waals surface area contributed by atoms with Gasteiger partial charge < -0.3 is 4.74 Å². The molecule has 0 heterocycles. The fourth-order valence-corrected chi connectivity index (χ4v) is 1.95. The molecule has 104 valence electrons. The molecule has 0 aromatic heterocycles. The first kappa shape index (κ1) is 15.5. The Morgan fingerprint density at radius 2 is 1.74 bits per heavy atom. The lowest BCUT2D eigenvalue weighted by Gasteiger charge is -2.13. The molecule has 0 bridgehead atoms. The monoisotopic (exact) mass is 260 g/mol. The predicted octanol–water partition coefficient (Wildman–Crippen LogP) is 4.41. The standard InChI is InChI=1S/C17H24O2/c1-6-19-17(18)11-16(13(4)5)15-9-7-14(8-10-15)12(2)3/h7-13H,6H2,1-5H3. The Bertz CT molecular complexity index is 439. The van der Waals surface area contributed by atoms with E-state index < -0.39 is 0 Å². The molecule has 1 aromatic rings. The van der Waals surface area contributed by atoms with Gasteiger partial charge in [0.1, 0.15) is 0 Å². The second-order valence-electron chi connectivity index (χ2n) is 5.28. The third-order valence-electron chi connectivity index (χ3n) is 3.09. The van der Waals surface area contributed by atoms with Crippen molar-refractivity contribution in [2.75, 3.05) is 6.61 Å². The van der Waals surface area contributed by atoms with E-state index in [1.54, 1.807) is 6.08 Å². The van der Waals surface area contributed by atoms with E-state index in [-0.39, 0.29) is 11.9 Å². The molecule has 0 N–H and O–H groups in total. The fraction of sp³-hybridized carbons (Fsp3) is 0.471. The molecule has 0 spiro atoms. The number of allylic oxidation sites excluding steroid dienone is 1. The van der Waals surface area contributed by atoms with Crippen molar-refractivity contribution in [1.82, 2.24) is 0 Å². The van der Waals surface area contributed by atoms with E-state index in [2.05, 4.69) is 52.0 Å². The van der Waals surface area contributed by atoms with E-state index in [1.165, 1.54) is 5.56 Å². The minimum Gasteiger partial charge on any atom is -0.463 e. The Kier molecular flexibility index (Phi) is 5.81. The molecular formula is C17H24O2. The number of hydrogen-bond acceptors (Lipinski definition) is 2. The highest BCUT2D eigenvalue weighted by Crippen LogP contribution is 2.25. The van der Waals surface area contributed by atoms with Crippen molar-refractivity contribution in [3.05, 3.63) is 41.5 Å². The number of carbonyl (C=O) groups is 1. The zero-order chi connectivity index (χ0) is 14.4. The van der Waals surface area contributed by atoms with Crippen LogP contribution < -0.4 is 0 Å². The number of ether oxygens (including phenoxy) is 1. The highest BCUT2D eigenvalue weighted by molar-refractivity contribution is 5.91. The molecule has 2 nitrogen and oxygen atoms in total. The van der Waals surface area contributed by atoms with Crippen LogP contribution in [0.15, 0.2) is 30.3 Å². The lowest BCUT2D eigenvalue weighted by molar-refractivity contribution is -0.137. The van der Waals surface area contributed by atoms with Crippen LogP contribution in [0, 0.1) is 5.92 Å². The van der Waals surface area contributed by atoms with Crippen molar-refractivity contribution < 1.29 is 9.53 Å². The van der Waals surface area contributed by atoms with Gasteiger partial charge in [-0.05, 0) is 35.5 Å². The van der Waals surface area contributed by atoms with Crippen LogP contribution in [-0.2, 0) is 9.53 Å². The van der Waals surface area contributed by atoms with Crippen LogP contribution in [0.3, 0.4) is 0 Å². The van der Waals surface area contributed by atoms with Crippen LogP contribution in [0.4, 0.5) is 0 Å². The maximum Gasteiger partial charge on any atom is 0.331 e. The number of esters is 1. The topological polar surface area (TPSA) is 26.3 Å². The van der Waals surface area contributed by atoms with Crippen molar-refractivity contribution in [3.8, 4) is 0 Å². The number of carbonyl (C=O) groups excluding carboxylic acids is 1. The Morgan fingerprint density at radius 3 is 2.16 bits per heavy atom. The normalized spacial score (nSPS) is 12.1. The molecule has 0 radical (unpaired) electrons. The summed E-state index contributed by atoms with van der Waals surface area (Å²) in [6.07, 6.45) is 1.61. The summed E-state index contributed by atoms with van der Waals surface area (Å²) in [6.45, 7) is 10.7. The van der Waals surface area contributed by atoms with Crippen molar-refractivity contribution in [3.63, 3.8) is 0 Å². The number of hydrogen-bond donors (Lipinski definition) is 0. The van der Waals surface area contributed by atoms with Gasteiger partial charge in [-0.1, -0.05) is 52.0 Å². The van der Waals surface area contributed by atoms with E-state index in [4.69, 9.17) is 4.74 Å². The molecule has 0 saturated carbocycles. The Morgan fingerprint density at radius 1 is 1.16 bits per heavy atom. The van der Waals surface area contributed by atoms with Gasteiger partial charge in [0.2, 0.25) is 0 Å². The molecular weight excluding hydrogens is 236 g/mol. The van der Waals surface area contributed by atoms with Crippen molar-refractivity contribution in [2.45, 2.75) is 40.5 Å². The first-order valence-corrected chi connectivity index (χ1v) is 6.94. The largest absolute Gasteiger partial charge is 0.463 e. The van der Waals surface area contributed by atoms with Crippen LogP contribution in [0.5, 0.6) is 0 Å². The Hall–Kier alpha value is -1.57. The molecule has 1 aromatic carbocycles. The minimum absolute atomic E-state index is 0.265. The summed E-state index contributed by atoms with van der Waals surface area (Å²) in [6, 6.07) is 8.42. The molecule has 0 atom stereocenters. The maximum atomic E-state index is 11.6. The first-order valence-electron chi connectivity index (χ1n) is 6.94. The molecule has 2 heteroatoms. The van der Waals surface area contributed by atoms with Crippen molar-refractivity contribution in [2.24, 2.45) is 5.92 Å². The minimum atomic E-state index is -0.265. The SMILES string of the molecule is CCOC(=O)C=C(c1ccc(C(C)C)cc1)C(C)C. The first-order chi connectivity index (χ1) is 8.95. The molecule has 0 aliphatic carbocycles. The summed E-state index contributed by atoms with van der Waals surface area (Å²) in [7, 11) is 0. The summed E-state index contributed by atoms with van der Waals surface area (Å²) in [5.41, 5.74) is 3.42. The van der Waals surface area contributed by atoms with Gasteiger partial charge in [0.15, 0.2) is 0 Å². The molecule has 0 fully saturated rings. The average molecular weight is 260 g/mol. The van der Waals surface area contributed by atoms with Gasteiger partial charge in [0.05, 0.1) is 6.61 Å². The summed E-state index contributed by atoms with van der Waals surface area (Å²) < 4.78 is 4.99. The lowest BCUT2D eigenvalue weighted by Crippen LogP contribution is -2.04. The molecule has 0 unspecified atom stereocenters. The average Bonchev–Trinajstić information content (AvgIpc) is 2.36. The second kappa shape index (κ2) is 7.13. The van der Waals surface area contributed by atoms with Crippen LogP contribution in [0.25, 0.3) is 5.57 Å². The van der Waals surface area contributed by atoms with Gasteiger partial charge in [-0.25, -0.2) is 4.79 Å². The number of benzene rings is 1. The van der Waals surface area contributed by atoms with Crippen molar-refractivity contribution >= 4 is 11.5 Å². The highest BCUT2D eigenvalue weighted by Gasteiger charge is 2.10. The van der Waals surface area contributed by atoms with E-state index in [1.807, 2.05) is 6.92 Å². The van der Waals surface area contributed by atoms with E-state index in [0.717, 1.165) is 11.1 Å². The van der Waals surface area contributed by atoms with Crippen LogP contribution in [-0.4, -0.2) is 12.6 Å². The summed E-state index contributed by atoms with van der Waals surface area (Å²) >= 11 is 0. The zero-order valence-corrected chi connectivity index (χ0v) is 12.6. The molecule has 0 saturated heterocycles. The number of rotatable bonds is 5. The smallest absolute Gasteiger partial charge is 0.331 e. The molecule has 0 aliphatic rings. The summed E-state index contributed by atoms with van der Waals surface area (Å²) in [4.78, 5) is 11.6. The molecule has 0 amide bonds. The van der Waals surface area contributed by atoms with Crippen LogP contribution in [0.2, 0.25) is 0 Å². The molecule has 19 heavy (non-hydrogen) atoms. The maximum absolute atomic E-state index is 11.6. The quantitative estimate of drug-likeness (QED) is 0.579. The van der Waals surface area contributed by atoms with Gasteiger partial charge in [0.25, 0.3) is 0 Å². The van der Waals surface area contributed by atoms with Gasteiger partial charge in [-0.15, -0.1) is 0 Å². The molecule has 1 rings (SSSR count). The Labute approximate surface area is 116 Å². The second-order valence-corrected chi connectivity index (χ2v) is 5.28. The van der Waals surface area contributed by atoms with E-state index in [9.17, 15) is 4.79 Å². The zero-order valence-electron chi connectivity index (χ0n) is 12.6. The van der Waals surface area contributed by atoms with Crippen LogP contribution >= 0.6 is 0 Å². The van der Waals surface area contributed by atoms with Crippen LogP contribution in [0.1, 0.15) is 51.7 Å². The van der Waals surface area contributed by atoms with Gasteiger partial charge in [0, 0.05) is 6.08 Å². The van der Waals surface area contributed by atoms with Gasteiger partial charge >= 0.3 is 5.97 Å². The van der Waals surface area contributed by atoms with Crippen molar-refractivity contribution in [1.29, 1.82) is 0 Å². The summed E-state index contributed by atoms with van der Waals surface area (Å²) in [5, 5.41) is 0. The third kappa shape index (κ3) is 4.55. The lowest BCUT2D eigenvalue weighted by atomic mass is 9.92. The fourth-order valence-electron chi connectivity index (χ4n) is 1.95.